The third kappa shape index (κ3) is 3.47. The lowest BCUT2D eigenvalue weighted by atomic mass is 10.2. The molecule has 1 saturated heterocycles. The van der Waals surface area contributed by atoms with Crippen molar-refractivity contribution in [3.63, 3.8) is 0 Å². The molecule has 1 amide bonds. The Labute approximate surface area is 136 Å². The largest absolute Gasteiger partial charge is 0.433 e. The van der Waals surface area contributed by atoms with Crippen LogP contribution in [0.25, 0.3) is 0 Å². The van der Waals surface area contributed by atoms with Gasteiger partial charge in [0.25, 0.3) is 5.91 Å². The first kappa shape index (κ1) is 16.2. The predicted molar refractivity (Wildman–Crippen MR) is 81.6 cm³/mol. The fourth-order valence-corrected chi connectivity index (χ4v) is 2.55. The Hall–Kier alpha value is -2.64. The van der Waals surface area contributed by atoms with E-state index in [4.69, 9.17) is 0 Å². The predicted octanol–water partition coefficient (Wildman–Crippen LogP) is 2.46. The highest BCUT2D eigenvalue weighted by Crippen LogP contribution is 2.27. The Morgan fingerprint density at radius 2 is 1.75 bits per heavy atom. The molecule has 2 aromatic heterocycles. The maximum Gasteiger partial charge on any atom is 0.433 e. The maximum absolute atomic E-state index is 12.5. The molecule has 0 spiro atoms. The number of carbonyl (C=O) groups excluding carboxylic acids is 1. The van der Waals surface area contributed by atoms with Crippen molar-refractivity contribution in [2.45, 2.75) is 6.18 Å². The van der Waals surface area contributed by atoms with E-state index < -0.39 is 11.9 Å². The lowest BCUT2D eigenvalue weighted by Gasteiger charge is -2.35. The van der Waals surface area contributed by atoms with Crippen molar-refractivity contribution in [1.82, 2.24) is 14.9 Å². The van der Waals surface area contributed by atoms with E-state index in [1.807, 2.05) is 18.2 Å². The summed E-state index contributed by atoms with van der Waals surface area (Å²) in [5, 5.41) is 0. The molecule has 126 valence electrons. The van der Waals surface area contributed by atoms with Crippen molar-refractivity contribution >= 4 is 11.7 Å². The normalized spacial score (nSPS) is 15.5. The average Bonchev–Trinajstić information content (AvgIpc) is 2.61. The minimum absolute atomic E-state index is 0.161. The monoisotopic (exact) mass is 336 g/mol. The lowest BCUT2D eigenvalue weighted by Crippen LogP contribution is -2.49. The van der Waals surface area contributed by atoms with Gasteiger partial charge in [0.1, 0.15) is 11.5 Å². The zero-order chi connectivity index (χ0) is 17.2. The Morgan fingerprint density at radius 3 is 2.29 bits per heavy atom. The molecule has 3 heterocycles. The van der Waals surface area contributed by atoms with Crippen molar-refractivity contribution in [1.29, 1.82) is 0 Å². The molecule has 0 bridgehead atoms. The summed E-state index contributed by atoms with van der Waals surface area (Å²) in [6.07, 6.45) is -1.81. The van der Waals surface area contributed by atoms with E-state index in [1.54, 1.807) is 11.1 Å². The van der Waals surface area contributed by atoms with Crippen LogP contribution in [0.5, 0.6) is 0 Å². The van der Waals surface area contributed by atoms with Gasteiger partial charge < -0.3 is 9.80 Å². The number of hydrogen-bond acceptors (Lipinski definition) is 4. The summed E-state index contributed by atoms with van der Waals surface area (Å²) < 4.78 is 37.5. The molecular weight excluding hydrogens is 321 g/mol. The van der Waals surface area contributed by atoms with Gasteiger partial charge in [-0.3, -0.25) is 9.78 Å². The molecule has 0 aromatic carbocycles. The van der Waals surface area contributed by atoms with E-state index in [2.05, 4.69) is 14.9 Å². The number of pyridine rings is 2. The fraction of sp³-hybridized carbons (Fsp3) is 0.312. The van der Waals surface area contributed by atoms with Gasteiger partial charge in [-0.1, -0.05) is 6.07 Å². The van der Waals surface area contributed by atoms with Crippen LogP contribution in [0.2, 0.25) is 0 Å². The summed E-state index contributed by atoms with van der Waals surface area (Å²) in [6, 6.07) is 7.63. The first-order chi connectivity index (χ1) is 11.4. The number of aromatic nitrogens is 2. The van der Waals surface area contributed by atoms with Crippen LogP contribution in [0.3, 0.4) is 0 Å². The summed E-state index contributed by atoms with van der Waals surface area (Å²) in [5.74, 6) is 0.540. The van der Waals surface area contributed by atoms with Gasteiger partial charge in [0.05, 0.1) is 5.56 Å². The van der Waals surface area contributed by atoms with E-state index in [0.29, 0.717) is 26.2 Å². The van der Waals surface area contributed by atoms with Crippen LogP contribution >= 0.6 is 0 Å². The van der Waals surface area contributed by atoms with Crippen LogP contribution in [-0.4, -0.2) is 47.0 Å². The molecular formula is C16H15F3N4O. The smallest absolute Gasteiger partial charge is 0.353 e. The van der Waals surface area contributed by atoms with Crippen LogP contribution in [0.1, 0.15) is 16.1 Å². The quantitative estimate of drug-likeness (QED) is 0.845. The molecule has 1 fully saturated rings. The zero-order valence-electron chi connectivity index (χ0n) is 12.7. The Bertz CT molecular complexity index is 696. The second-order valence-corrected chi connectivity index (χ2v) is 5.40. The van der Waals surface area contributed by atoms with Gasteiger partial charge in [-0.15, -0.1) is 0 Å². The van der Waals surface area contributed by atoms with Gasteiger partial charge in [-0.05, 0) is 24.3 Å². The van der Waals surface area contributed by atoms with Gasteiger partial charge in [-0.25, -0.2) is 4.98 Å². The van der Waals surface area contributed by atoms with Gasteiger partial charge in [-0.2, -0.15) is 13.2 Å². The standard InChI is InChI=1S/C16H15F3N4O/c17-16(18,19)13-5-4-12(11-21-13)15(24)23-9-7-22(8-10-23)14-3-1-2-6-20-14/h1-6,11H,7-10H2. The van der Waals surface area contributed by atoms with Crippen molar-refractivity contribution in [2.24, 2.45) is 0 Å². The van der Waals surface area contributed by atoms with Crippen molar-refractivity contribution in [3.05, 3.63) is 54.0 Å². The molecule has 0 saturated carbocycles. The number of amides is 1. The van der Waals surface area contributed by atoms with E-state index >= 15 is 0 Å². The first-order valence-electron chi connectivity index (χ1n) is 7.43. The summed E-state index contributed by atoms with van der Waals surface area (Å²) >= 11 is 0. The number of carbonyl (C=O) groups is 1. The van der Waals surface area contributed by atoms with E-state index in [0.717, 1.165) is 18.1 Å². The molecule has 0 radical (unpaired) electrons. The number of piperazine rings is 1. The number of anilines is 1. The third-order valence-corrected chi connectivity index (χ3v) is 3.84. The Kier molecular flexibility index (Phi) is 4.37. The van der Waals surface area contributed by atoms with Gasteiger partial charge in [0.15, 0.2) is 0 Å². The van der Waals surface area contributed by atoms with E-state index in [-0.39, 0.29) is 11.5 Å². The fourth-order valence-electron chi connectivity index (χ4n) is 2.55. The Balaban J connectivity index is 1.63. The average molecular weight is 336 g/mol. The van der Waals surface area contributed by atoms with Crippen LogP contribution in [0.15, 0.2) is 42.7 Å². The molecule has 0 aliphatic carbocycles. The summed E-state index contributed by atoms with van der Waals surface area (Å²) in [4.78, 5) is 23.7. The first-order valence-corrected chi connectivity index (χ1v) is 7.43. The molecule has 0 atom stereocenters. The molecule has 24 heavy (non-hydrogen) atoms. The molecule has 1 aliphatic rings. The number of nitrogens with zero attached hydrogens (tertiary/aromatic N) is 4. The van der Waals surface area contributed by atoms with Gasteiger partial charge in [0, 0.05) is 38.6 Å². The minimum atomic E-state index is -4.50. The SMILES string of the molecule is O=C(c1ccc(C(F)(F)F)nc1)N1CCN(c2ccccn2)CC1. The highest BCUT2D eigenvalue weighted by Gasteiger charge is 2.32. The second-order valence-electron chi connectivity index (χ2n) is 5.40. The summed E-state index contributed by atoms with van der Waals surface area (Å²) in [6.45, 7) is 2.21. The van der Waals surface area contributed by atoms with Crippen LogP contribution in [0.4, 0.5) is 19.0 Å². The molecule has 0 N–H and O–H groups in total. The molecule has 5 nitrogen and oxygen atoms in total. The lowest BCUT2D eigenvalue weighted by molar-refractivity contribution is -0.141. The van der Waals surface area contributed by atoms with Crippen LogP contribution < -0.4 is 4.90 Å². The second kappa shape index (κ2) is 6.46. The number of rotatable bonds is 2. The van der Waals surface area contributed by atoms with Crippen molar-refractivity contribution in [2.75, 3.05) is 31.1 Å². The number of alkyl halides is 3. The maximum atomic E-state index is 12.5. The summed E-state index contributed by atoms with van der Waals surface area (Å²) in [5.41, 5.74) is -0.840. The topological polar surface area (TPSA) is 49.3 Å². The van der Waals surface area contributed by atoms with Gasteiger partial charge in [0.2, 0.25) is 0 Å². The zero-order valence-corrected chi connectivity index (χ0v) is 12.7. The Morgan fingerprint density at radius 1 is 1.00 bits per heavy atom. The molecule has 0 unspecified atom stereocenters. The van der Waals surface area contributed by atoms with E-state index in [1.165, 1.54) is 6.07 Å². The highest BCUT2D eigenvalue weighted by atomic mass is 19.4. The third-order valence-electron chi connectivity index (χ3n) is 3.84. The molecule has 2 aromatic rings. The number of halogens is 3. The van der Waals surface area contributed by atoms with E-state index in [9.17, 15) is 18.0 Å². The van der Waals surface area contributed by atoms with Gasteiger partial charge >= 0.3 is 6.18 Å². The number of hydrogen-bond donors (Lipinski definition) is 0. The van der Waals surface area contributed by atoms with Crippen LogP contribution in [-0.2, 0) is 6.18 Å². The highest BCUT2D eigenvalue weighted by molar-refractivity contribution is 5.94. The molecule has 3 rings (SSSR count). The molecule has 8 heteroatoms. The summed E-state index contributed by atoms with van der Waals surface area (Å²) in [7, 11) is 0. The minimum Gasteiger partial charge on any atom is -0.353 e. The van der Waals surface area contributed by atoms with Crippen LogP contribution in [0, 0.1) is 0 Å². The molecule has 1 aliphatic heterocycles. The van der Waals surface area contributed by atoms with Crippen molar-refractivity contribution < 1.29 is 18.0 Å². The van der Waals surface area contributed by atoms with Crippen molar-refractivity contribution in [3.8, 4) is 0 Å².